The molecule has 0 aliphatic carbocycles. The second-order valence-electron chi connectivity index (χ2n) is 5.20. The Morgan fingerprint density at radius 3 is 2.33 bits per heavy atom. The second kappa shape index (κ2) is 6.87. The minimum atomic E-state index is -0.315. The monoisotopic (exact) mass is 322 g/mol. The van der Waals surface area contributed by atoms with Crippen LogP contribution in [0.1, 0.15) is 15.9 Å². The van der Waals surface area contributed by atoms with Crippen LogP contribution in [0.3, 0.4) is 0 Å². The van der Waals surface area contributed by atoms with E-state index in [1.807, 2.05) is 31.2 Å². The fraction of sp³-hybridized carbons (Fsp3) is 0.0556. The molecule has 2 aromatic carbocycles. The van der Waals surface area contributed by atoms with E-state index in [9.17, 15) is 9.18 Å². The standard InChI is InChI=1S/C18H15FN4O/c1-12-4-2-3-5-16(12)23-17(24)13-10-20-18(21-11-13)22-15-8-6-14(19)7-9-15/h2-11H,1H3,(H,23,24)(H,20,21,22). The summed E-state index contributed by atoms with van der Waals surface area (Å²) in [6, 6.07) is 13.4. The van der Waals surface area contributed by atoms with Crippen LogP contribution in [0.5, 0.6) is 0 Å². The molecule has 0 spiro atoms. The molecule has 0 aliphatic heterocycles. The van der Waals surface area contributed by atoms with Gasteiger partial charge in [0.05, 0.1) is 5.56 Å². The summed E-state index contributed by atoms with van der Waals surface area (Å²) in [6.07, 6.45) is 2.87. The van der Waals surface area contributed by atoms with Crippen LogP contribution < -0.4 is 10.6 Å². The van der Waals surface area contributed by atoms with Gasteiger partial charge in [-0.1, -0.05) is 18.2 Å². The van der Waals surface area contributed by atoms with E-state index in [1.54, 1.807) is 12.1 Å². The van der Waals surface area contributed by atoms with Crippen LogP contribution in [0.4, 0.5) is 21.7 Å². The first-order valence-corrected chi connectivity index (χ1v) is 7.33. The number of anilines is 3. The molecule has 2 N–H and O–H groups in total. The van der Waals surface area contributed by atoms with Crippen LogP contribution in [0, 0.1) is 12.7 Å². The number of halogens is 1. The molecule has 3 rings (SSSR count). The minimum Gasteiger partial charge on any atom is -0.324 e. The summed E-state index contributed by atoms with van der Waals surface area (Å²) in [7, 11) is 0. The zero-order valence-corrected chi connectivity index (χ0v) is 13.0. The molecule has 1 aromatic heterocycles. The molecule has 0 atom stereocenters. The Hall–Kier alpha value is -3.28. The van der Waals surface area contributed by atoms with E-state index in [0.29, 0.717) is 17.2 Å². The van der Waals surface area contributed by atoms with E-state index >= 15 is 0 Å². The molecule has 0 saturated heterocycles. The number of hydrogen-bond donors (Lipinski definition) is 2. The highest BCUT2D eigenvalue weighted by atomic mass is 19.1. The second-order valence-corrected chi connectivity index (χ2v) is 5.20. The zero-order valence-electron chi connectivity index (χ0n) is 13.0. The van der Waals surface area contributed by atoms with Crippen molar-refractivity contribution in [2.75, 3.05) is 10.6 Å². The third-order valence-corrected chi connectivity index (χ3v) is 3.41. The zero-order chi connectivity index (χ0) is 16.9. The lowest BCUT2D eigenvalue weighted by molar-refractivity contribution is 0.102. The molecule has 1 heterocycles. The van der Waals surface area contributed by atoms with Gasteiger partial charge < -0.3 is 10.6 Å². The van der Waals surface area contributed by atoms with Crippen molar-refractivity contribution in [2.24, 2.45) is 0 Å². The number of benzene rings is 2. The van der Waals surface area contributed by atoms with Crippen molar-refractivity contribution in [3.63, 3.8) is 0 Å². The SMILES string of the molecule is Cc1ccccc1NC(=O)c1cnc(Nc2ccc(F)cc2)nc1. The molecular weight excluding hydrogens is 307 g/mol. The summed E-state index contributed by atoms with van der Waals surface area (Å²) < 4.78 is 12.9. The Labute approximate surface area is 138 Å². The minimum absolute atomic E-state index is 0.280. The van der Waals surface area contributed by atoms with Crippen LogP contribution in [-0.2, 0) is 0 Å². The van der Waals surface area contributed by atoms with E-state index in [1.165, 1.54) is 24.5 Å². The van der Waals surface area contributed by atoms with Gasteiger partial charge in [-0.05, 0) is 42.8 Å². The number of carbonyl (C=O) groups excluding carboxylic acids is 1. The van der Waals surface area contributed by atoms with Gasteiger partial charge in [-0.25, -0.2) is 14.4 Å². The van der Waals surface area contributed by atoms with Gasteiger partial charge in [0.2, 0.25) is 5.95 Å². The first-order valence-electron chi connectivity index (χ1n) is 7.33. The van der Waals surface area contributed by atoms with Gasteiger partial charge in [-0.2, -0.15) is 0 Å². The van der Waals surface area contributed by atoms with E-state index in [-0.39, 0.29) is 11.7 Å². The van der Waals surface area contributed by atoms with Gasteiger partial charge in [-0.3, -0.25) is 4.79 Å². The van der Waals surface area contributed by atoms with Crippen LogP contribution in [0.2, 0.25) is 0 Å². The van der Waals surface area contributed by atoms with Crippen molar-refractivity contribution in [1.29, 1.82) is 0 Å². The Morgan fingerprint density at radius 2 is 1.67 bits per heavy atom. The summed E-state index contributed by atoms with van der Waals surface area (Å²) >= 11 is 0. The number of para-hydroxylation sites is 1. The molecule has 0 fully saturated rings. The van der Waals surface area contributed by atoms with Crippen LogP contribution >= 0.6 is 0 Å². The summed E-state index contributed by atoms with van der Waals surface area (Å²) in [6.45, 7) is 1.92. The maximum Gasteiger partial charge on any atom is 0.258 e. The quantitative estimate of drug-likeness (QED) is 0.764. The normalized spacial score (nSPS) is 10.2. The van der Waals surface area contributed by atoms with Gasteiger partial charge in [0.1, 0.15) is 5.82 Å². The molecule has 0 aliphatic rings. The number of carbonyl (C=O) groups is 1. The molecule has 0 bridgehead atoms. The number of nitrogens with zero attached hydrogens (tertiary/aromatic N) is 2. The number of hydrogen-bond acceptors (Lipinski definition) is 4. The van der Waals surface area contributed by atoms with Crippen molar-refractivity contribution in [3.05, 3.63) is 77.9 Å². The van der Waals surface area contributed by atoms with Crippen molar-refractivity contribution < 1.29 is 9.18 Å². The van der Waals surface area contributed by atoms with E-state index < -0.39 is 0 Å². The predicted molar refractivity (Wildman–Crippen MR) is 90.8 cm³/mol. The van der Waals surface area contributed by atoms with Crippen molar-refractivity contribution >= 4 is 23.2 Å². The van der Waals surface area contributed by atoms with Gasteiger partial charge in [-0.15, -0.1) is 0 Å². The molecule has 0 saturated carbocycles. The fourth-order valence-electron chi connectivity index (χ4n) is 2.08. The summed E-state index contributed by atoms with van der Waals surface area (Å²) in [5.74, 6) is -0.267. The number of aryl methyl sites for hydroxylation is 1. The smallest absolute Gasteiger partial charge is 0.258 e. The lowest BCUT2D eigenvalue weighted by Crippen LogP contribution is -2.13. The molecule has 6 heteroatoms. The van der Waals surface area contributed by atoms with Crippen molar-refractivity contribution in [2.45, 2.75) is 6.92 Å². The molecule has 24 heavy (non-hydrogen) atoms. The molecule has 120 valence electrons. The molecule has 0 radical (unpaired) electrons. The average Bonchev–Trinajstić information content (AvgIpc) is 2.59. The van der Waals surface area contributed by atoms with Gasteiger partial charge in [0, 0.05) is 23.8 Å². The van der Waals surface area contributed by atoms with Gasteiger partial charge >= 0.3 is 0 Å². The van der Waals surface area contributed by atoms with Crippen LogP contribution in [0.15, 0.2) is 60.9 Å². The first kappa shape index (κ1) is 15.6. The molecule has 0 unspecified atom stereocenters. The third kappa shape index (κ3) is 3.73. The predicted octanol–water partition coefficient (Wildman–Crippen LogP) is 3.92. The highest BCUT2D eigenvalue weighted by molar-refractivity contribution is 6.04. The summed E-state index contributed by atoms with van der Waals surface area (Å²) in [5.41, 5.74) is 2.73. The maximum absolute atomic E-state index is 12.9. The van der Waals surface area contributed by atoms with E-state index in [4.69, 9.17) is 0 Å². The molecular formula is C18H15FN4O. The average molecular weight is 322 g/mol. The molecule has 1 amide bonds. The molecule has 3 aromatic rings. The third-order valence-electron chi connectivity index (χ3n) is 3.41. The van der Waals surface area contributed by atoms with Crippen molar-refractivity contribution in [1.82, 2.24) is 9.97 Å². The highest BCUT2D eigenvalue weighted by Crippen LogP contribution is 2.16. The topological polar surface area (TPSA) is 66.9 Å². The highest BCUT2D eigenvalue weighted by Gasteiger charge is 2.09. The number of amides is 1. The Balaban J connectivity index is 1.68. The van der Waals surface area contributed by atoms with E-state index in [0.717, 1.165) is 11.3 Å². The largest absolute Gasteiger partial charge is 0.324 e. The van der Waals surface area contributed by atoms with Gasteiger partial charge in [0.15, 0.2) is 0 Å². The number of aromatic nitrogens is 2. The van der Waals surface area contributed by atoms with Crippen molar-refractivity contribution in [3.8, 4) is 0 Å². The summed E-state index contributed by atoms with van der Waals surface area (Å²) in [4.78, 5) is 20.4. The number of nitrogens with one attached hydrogen (secondary N) is 2. The lowest BCUT2D eigenvalue weighted by atomic mass is 10.2. The Morgan fingerprint density at radius 1 is 1.00 bits per heavy atom. The summed E-state index contributed by atoms with van der Waals surface area (Å²) in [5, 5.41) is 5.76. The number of rotatable bonds is 4. The fourth-order valence-corrected chi connectivity index (χ4v) is 2.08. The Bertz CT molecular complexity index is 848. The maximum atomic E-state index is 12.9. The van der Waals surface area contributed by atoms with Gasteiger partial charge in [0.25, 0.3) is 5.91 Å². The van der Waals surface area contributed by atoms with E-state index in [2.05, 4.69) is 20.6 Å². The lowest BCUT2D eigenvalue weighted by Gasteiger charge is -2.08. The van der Waals surface area contributed by atoms with Crippen LogP contribution in [0.25, 0.3) is 0 Å². The molecule has 5 nitrogen and oxygen atoms in total. The van der Waals surface area contributed by atoms with Crippen LogP contribution in [-0.4, -0.2) is 15.9 Å². The first-order chi connectivity index (χ1) is 11.6. The Kier molecular flexibility index (Phi) is 4.47.